The number of rotatable bonds is 6. The molecule has 1 unspecified atom stereocenters. The zero-order valence-corrected chi connectivity index (χ0v) is 12.2. The predicted octanol–water partition coefficient (Wildman–Crippen LogP) is -0.511. The molecule has 0 aromatic carbocycles. The average Bonchev–Trinajstić information content (AvgIpc) is 2.87. The SMILES string of the molecule is CC(C)(C)C(Cn1ccnc1)NC(=O)CNC(=O)CN. The third-order valence-corrected chi connectivity index (χ3v) is 2.96. The highest BCUT2D eigenvalue weighted by Crippen LogP contribution is 2.20. The quantitative estimate of drug-likeness (QED) is 0.653. The van der Waals surface area contributed by atoms with Crippen molar-refractivity contribution in [2.45, 2.75) is 33.4 Å². The van der Waals surface area contributed by atoms with Gasteiger partial charge in [-0.1, -0.05) is 20.8 Å². The lowest BCUT2D eigenvalue weighted by Crippen LogP contribution is -2.49. The summed E-state index contributed by atoms with van der Waals surface area (Å²) in [5, 5.41) is 5.38. The fourth-order valence-electron chi connectivity index (χ4n) is 1.64. The lowest BCUT2D eigenvalue weighted by Gasteiger charge is -2.31. The van der Waals surface area contributed by atoms with Crippen LogP contribution in [0.15, 0.2) is 18.7 Å². The van der Waals surface area contributed by atoms with Crippen molar-refractivity contribution in [1.29, 1.82) is 0 Å². The van der Waals surface area contributed by atoms with Crippen molar-refractivity contribution in [3.63, 3.8) is 0 Å². The third-order valence-electron chi connectivity index (χ3n) is 2.96. The first-order valence-electron chi connectivity index (χ1n) is 6.55. The van der Waals surface area contributed by atoms with E-state index in [0.29, 0.717) is 6.54 Å². The van der Waals surface area contributed by atoms with Crippen molar-refractivity contribution in [3.8, 4) is 0 Å². The highest BCUT2D eigenvalue weighted by Gasteiger charge is 2.26. The molecular weight excluding hydrogens is 258 g/mol. The molecule has 4 N–H and O–H groups in total. The van der Waals surface area contributed by atoms with E-state index >= 15 is 0 Å². The van der Waals surface area contributed by atoms with Crippen LogP contribution in [0.2, 0.25) is 0 Å². The Labute approximate surface area is 118 Å². The minimum Gasteiger partial charge on any atom is -0.350 e. The first kappa shape index (κ1) is 16.2. The van der Waals surface area contributed by atoms with Crippen LogP contribution in [0.4, 0.5) is 0 Å². The van der Waals surface area contributed by atoms with Crippen LogP contribution in [0.5, 0.6) is 0 Å². The number of nitrogens with zero attached hydrogens (tertiary/aromatic N) is 2. The van der Waals surface area contributed by atoms with E-state index in [0.717, 1.165) is 0 Å². The first-order valence-corrected chi connectivity index (χ1v) is 6.55. The number of nitrogens with two attached hydrogens (primary N) is 1. The zero-order valence-electron chi connectivity index (χ0n) is 12.2. The van der Waals surface area contributed by atoms with Gasteiger partial charge in [0.1, 0.15) is 0 Å². The predicted molar refractivity (Wildman–Crippen MR) is 75.7 cm³/mol. The Hall–Kier alpha value is -1.89. The van der Waals surface area contributed by atoms with Crippen LogP contribution in [0, 0.1) is 5.41 Å². The van der Waals surface area contributed by atoms with E-state index in [4.69, 9.17) is 5.73 Å². The Balaban J connectivity index is 2.57. The number of aromatic nitrogens is 2. The van der Waals surface area contributed by atoms with Gasteiger partial charge in [-0.15, -0.1) is 0 Å². The molecule has 1 rings (SSSR count). The highest BCUT2D eigenvalue weighted by molar-refractivity contribution is 5.85. The normalized spacial score (nSPS) is 12.8. The van der Waals surface area contributed by atoms with Gasteiger partial charge < -0.3 is 20.9 Å². The summed E-state index contributed by atoms with van der Waals surface area (Å²) in [5.41, 5.74) is 5.05. The molecule has 112 valence electrons. The van der Waals surface area contributed by atoms with E-state index in [1.54, 1.807) is 12.5 Å². The third kappa shape index (κ3) is 5.40. The molecule has 0 radical (unpaired) electrons. The minimum atomic E-state index is -0.345. The van der Waals surface area contributed by atoms with Gasteiger partial charge in [0.05, 0.1) is 25.5 Å². The molecule has 0 bridgehead atoms. The maximum atomic E-state index is 11.9. The van der Waals surface area contributed by atoms with Gasteiger partial charge in [-0.05, 0) is 5.41 Å². The van der Waals surface area contributed by atoms with Crippen LogP contribution in [-0.4, -0.2) is 40.5 Å². The molecule has 2 amide bonds. The van der Waals surface area contributed by atoms with E-state index in [9.17, 15) is 9.59 Å². The van der Waals surface area contributed by atoms with Gasteiger partial charge in [-0.25, -0.2) is 4.98 Å². The molecule has 1 atom stereocenters. The van der Waals surface area contributed by atoms with Crippen LogP contribution in [0.1, 0.15) is 20.8 Å². The summed E-state index contributed by atoms with van der Waals surface area (Å²) < 4.78 is 1.91. The molecule has 0 aliphatic carbocycles. The molecule has 7 heteroatoms. The second kappa shape index (κ2) is 7.04. The summed E-state index contributed by atoms with van der Waals surface area (Å²) in [6.45, 7) is 6.59. The fourth-order valence-corrected chi connectivity index (χ4v) is 1.64. The molecule has 1 aromatic rings. The molecule has 0 aliphatic rings. The summed E-state index contributed by atoms with van der Waals surface area (Å²) in [4.78, 5) is 26.9. The average molecular weight is 281 g/mol. The molecule has 0 saturated heterocycles. The van der Waals surface area contributed by atoms with E-state index in [1.165, 1.54) is 0 Å². The van der Waals surface area contributed by atoms with Gasteiger partial charge in [-0.3, -0.25) is 9.59 Å². The zero-order chi connectivity index (χ0) is 15.2. The van der Waals surface area contributed by atoms with E-state index < -0.39 is 0 Å². The molecule has 0 spiro atoms. The number of carbonyl (C=O) groups excluding carboxylic acids is 2. The van der Waals surface area contributed by atoms with Crippen LogP contribution in [-0.2, 0) is 16.1 Å². The monoisotopic (exact) mass is 281 g/mol. The maximum absolute atomic E-state index is 11.9. The van der Waals surface area contributed by atoms with E-state index in [2.05, 4.69) is 15.6 Å². The Bertz CT molecular complexity index is 436. The minimum absolute atomic E-state index is 0.0630. The lowest BCUT2D eigenvalue weighted by molar-refractivity contribution is -0.126. The van der Waals surface area contributed by atoms with Crippen LogP contribution in [0.25, 0.3) is 0 Å². The maximum Gasteiger partial charge on any atom is 0.239 e. The van der Waals surface area contributed by atoms with Gasteiger partial charge >= 0.3 is 0 Å². The van der Waals surface area contributed by atoms with Crippen molar-refractivity contribution >= 4 is 11.8 Å². The van der Waals surface area contributed by atoms with Crippen molar-refractivity contribution in [1.82, 2.24) is 20.2 Å². The summed E-state index contributed by atoms with van der Waals surface area (Å²) >= 11 is 0. The fraction of sp³-hybridized carbons (Fsp3) is 0.615. The van der Waals surface area contributed by atoms with Gasteiger partial charge in [-0.2, -0.15) is 0 Å². The summed E-state index contributed by atoms with van der Waals surface area (Å²) in [6, 6.07) is -0.0704. The number of amides is 2. The largest absolute Gasteiger partial charge is 0.350 e. The summed E-state index contributed by atoms with van der Waals surface area (Å²) in [7, 11) is 0. The Kier molecular flexibility index (Phi) is 5.69. The molecule has 20 heavy (non-hydrogen) atoms. The summed E-state index contributed by atoms with van der Waals surface area (Å²) in [6.07, 6.45) is 5.26. The van der Waals surface area contributed by atoms with Crippen molar-refractivity contribution in [2.24, 2.45) is 11.1 Å². The molecule has 7 nitrogen and oxygen atoms in total. The molecule has 1 heterocycles. The first-order chi connectivity index (χ1) is 9.32. The Morgan fingerprint density at radius 3 is 2.55 bits per heavy atom. The number of hydrogen-bond acceptors (Lipinski definition) is 4. The molecule has 0 fully saturated rings. The molecular formula is C13H23N5O2. The number of carbonyl (C=O) groups is 2. The lowest BCUT2D eigenvalue weighted by atomic mass is 9.86. The highest BCUT2D eigenvalue weighted by atomic mass is 16.2. The topological polar surface area (TPSA) is 102 Å². The molecule has 1 aromatic heterocycles. The van der Waals surface area contributed by atoms with Crippen LogP contribution in [0.3, 0.4) is 0 Å². The Morgan fingerprint density at radius 2 is 2.05 bits per heavy atom. The van der Waals surface area contributed by atoms with Crippen molar-refractivity contribution < 1.29 is 9.59 Å². The second-order valence-corrected chi connectivity index (χ2v) is 5.73. The van der Waals surface area contributed by atoms with Crippen molar-refractivity contribution in [3.05, 3.63) is 18.7 Å². The molecule has 0 aliphatic heterocycles. The number of imidazole rings is 1. The van der Waals surface area contributed by atoms with Crippen LogP contribution >= 0.6 is 0 Å². The smallest absolute Gasteiger partial charge is 0.239 e. The number of nitrogens with one attached hydrogen (secondary N) is 2. The van der Waals surface area contributed by atoms with E-state index in [-0.39, 0.29) is 36.4 Å². The van der Waals surface area contributed by atoms with Crippen LogP contribution < -0.4 is 16.4 Å². The standard InChI is InChI=1S/C13H23N5O2/c1-13(2,3)10(8-18-5-4-15-9-18)17-12(20)7-16-11(19)6-14/h4-5,9-10H,6-8,14H2,1-3H3,(H,16,19)(H,17,20). The number of hydrogen-bond donors (Lipinski definition) is 3. The summed E-state index contributed by atoms with van der Waals surface area (Å²) in [5.74, 6) is -0.575. The second-order valence-electron chi connectivity index (χ2n) is 5.73. The van der Waals surface area contributed by atoms with Gasteiger partial charge in [0.25, 0.3) is 0 Å². The Morgan fingerprint density at radius 1 is 1.35 bits per heavy atom. The van der Waals surface area contributed by atoms with Crippen molar-refractivity contribution in [2.75, 3.05) is 13.1 Å². The van der Waals surface area contributed by atoms with Gasteiger partial charge in [0.15, 0.2) is 0 Å². The van der Waals surface area contributed by atoms with E-state index in [1.807, 2.05) is 31.5 Å². The van der Waals surface area contributed by atoms with Gasteiger partial charge in [0, 0.05) is 18.9 Å². The molecule has 0 saturated carbocycles. The van der Waals surface area contributed by atoms with Gasteiger partial charge in [0.2, 0.25) is 11.8 Å².